The number of carbonyl (C=O) groups excluding carboxylic acids is 1. The van der Waals surface area contributed by atoms with Gasteiger partial charge in [0.25, 0.3) is 0 Å². The van der Waals surface area contributed by atoms with Crippen LogP contribution in [0.3, 0.4) is 0 Å². The van der Waals surface area contributed by atoms with Crippen LogP contribution in [0.2, 0.25) is 0 Å². The lowest BCUT2D eigenvalue weighted by Gasteiger charge is -2.33. The molecule has 0 spiro atoms. The second kappa shape index (κ2) is 7.98. The van der Waals surface area contributed by atoms with Crippen molar-refractivity contribution in [2.24, 2.45) is 5.73 Å². The lowest BCUT2D eigenvalue weighted by atomic mass is 10.1. The molecule has 1 fully saturated rings. The van der Waals surface area contributed by atoms with Crippen LogP contribution < -0.4 is 5.73 Å². The summed E-state index contributed by atoms with van der Waals surface area (Å²) >= 11 is 0. The summed E-state index contributed by atoms with van der Waals surface area (Å²) in [4.78, 5) is 14.3. The van der Waals surface area contributed by atoms with Gasteiger partial charge >= 0.3 is 0 Å². The predicted octanol–water partition coefficient (Wildman–Crippen LogP) is 1.32. The van der Waals surface area contributed by atoms with Gasteiger partial charge in [-0.15, -0.1) is 0 Å². The molecule has 0 aromatic heterocycles. The van der Waals surface area contributed by atoms with Crippen molar-refractivity contribution in [1.29, 1.82) is 0 Å². The SMILES string of the molecule is CC(C(=O)N(CCCN)C1CCCCCC1)S(C)(=O)=O. The highest BCUT2D eigenvalue weighted by molar-refractivity contribution is 7.92. The number of carbonyl (C=O) groups is 1. The van der Waals surface area contributed by atoms with Crippen molar-refractivity contribution in [2.45, 2.75) is 63.2 Å². The van der Waals surface area contributed by atoms with E-state index in [0.29, 0.717) is 13.1 Å². The zero-order chi connectivity index (χ0) is 15.2. The molecule has 118 valence electrons. The fraction of sp³-hybridized carbons (Fsp3) is 0.929. The fourth-order valence-corrected chi connectivity index (χ4v) is 3.22. The first-order valence-corrected chi connectivity index (χ1v) is 9.52. The third-order valence-corrected chi connectivity index (χ3v) is 5.63. The number of hydrogen-bond acceptors (Lipinski definition) is 4. The second-order valence-electron chi connectivity index (χ2n) is 5.79. The summed E-state index contributed by atoms with van der Waals surface area (Å²) in [6.07, 6.45) is 8.45. The topological polar surface area (TPSA) is 80.5 Å². The molecule has 0 bridgehead atoms. The first-order valence-electron chi connectivity index (χ1n) is 7.57. The third-order valence-electron chi connectivity index (χ3n) is 4.14. The maximum absolute atomic E-state index is 12.5. The van der Waals surface area contributed by atoms with E-state index >= 15 is 0 Å². The minimum Gasteiger partial charge on any atom is -0.339 e. The quantitative estimate of drug-likeness (QED) is 0.750. The summed E-state index contributed by atoms with van der Waals surface area (Å²) < 4.78 is 23.3. The first kappa shape index (κ1) is 17.4. The van der Waals surface area contributed by atoms with Crippen molar-refractivity contribution in [3.63, 3.8) is 0 Å². The average molecular weight is 304 g/mol. The lowest BCUT2D eigenvalue weighted by molar-refractivity contribution is -0.133. The Hall–Kier alpha value is -0.620. The molecule has 0 aromatic rings. The van der Waals surface area contributed by atoms with E-state index in [2.05, 4.69) is 0 Å². The van der Waals surface area contributed by atoms with E-state index in [9.17, 15) is 13.2 Å². The molecule has 2 N–H and O–H groups in total. The van der Waals surface area contributed by atoms with Crippen molar-refractivity contribution >= 4 is 15.7 Å². The highest BCUT2D eigenvalue weighted by atomic mass is 32.2. The maximum atomic E-state index is 12.5. The van der Waals surface area contributed by atoms with Crippen LogP contribution in [0, 0.1) is 0 Å². The van der Waals surface area contributed by atoms with Crippen molar-refractivity contribution in [3.8, 4) is 0 Å². The van der Waals surface area contributed by atoms with Crippen molar-refractivity contribution < 1.29 is 13.2 Å². The van der Waals surface area contributed by atoms with Gasteiger partial charge in [0.15, 0.2) is 9.84 Å². The molecule has 5 nitrogen and oxygen atoms in total. The van der Waals surface area contributed by atoms with Gasteiger partial charge in [-0.2, -0.15) is 0 Å². The highest BCUT2D eigenvalue weighted by Crippen LogP contribution is 2.23. The van der Waals surface area contributed by atoms with Gasteiger partial charge in [0.05, 0.1) is 0 Å². The molecule has 1 amide bonds. The monoisotopic (exact) mass is 304 g/mol. The zero-order valence-corrected chi connectivity index (χ0v) is 13.5. The highest BCUT2D eigenvalue weighted by Gasteiger charge is 2.32. The van der Waals surface area contributed by atoms with Gasteiger partial charge in [0.2, 0.25) is 5.91 Å². The molecule has 1 aliphatic carbocycles. The van der Waals surface area contributed by atoms with Gasteiger partial charge in [-0.3, -0.25) is 4.79 Å². The normalized spacial score (nSPS) is 19.4. The van der Waals surface area contributed by atoms with Crippen LogP contribution in [0.15, 0.2) is 0 Å². The Bertz CT molecular complexity index is 401. The van der Waals surface area contributed by atoms with Gasteiger partial charge in [-0.1, -0.05) is 25.7 Å². The van der Waals surface area contributed by atoms with Gasteiger partial charge in [-0.05, 0) is 32.7 Å². The van der Waals surface area contributed by atoms with Gasteiger partial charge in [0, 0.05) is 18.8 Å². The Kier molecular flexibility index (Phi) is 6.95. The molecule has 0 aromatic carbocycles. The van der Waals surface area contributed by atoms with Crippen molar-refractivity contribution in [2.75, 3.05) is 19.3 Å². The van der Waals surface area contributed by atoms with Crippen LogP contribution in [0.25, 0.3) is 0 Å². The average Bonchev–Trinajstić information content (AvgIpc) is 2.66. The van der Waals surface area contributed by atoms with E-state index in [1.807, 2.05) is 0 Å². The standard InChI is InChI=1S/C14H28N2O3S/c1-12(20(2,18)19)14(17)16(11-7-10-15)13-8-5-3-4-6-9-13/h12-13H,3-11,15H2,1-2H3. The summed E-state index contributed by atoms with van der Waals surface area (Å²) in [6, 6.07) is 0.181. The van der Waals surface area contributed by atoms with Crippen molar-refractivity contribution in [1.82, 2.24) is 4.90 Å². The molecule has 0 radical (unpaired) electrons. The Balaban J connectivity index is 2.83. The molecule has 0 heterocycles. The zero-order valence-electron chi connectivity index (χ0n) is 12.7. The van der Waals surface area contributed by atoms with E-state index in [1.165, 1.54) is 19.8 Å². The Morgan fingerprint density at radius 3 is 2.25 bits per heavy atom. The molecule has 1 atom stereocenters. The van der Waals surface area contributed by atoms with Crippen LogP contribution in [-0.2, 0) is 14.6 Å². The number of rotatable bonds is 6. The van der Waals surface area contributed by atoms with E-state index in [4.69, 9.17) is 5.73 Å². The molecule has 20 heavy (non-hydrogen) atoms. The Labute approximate surface area is 122 Å². The van der Waals surface area contributed by atoms with E-state index in [-0.39, 0.29) is 11.9 Å². The summed E-state index contributed by atoms with van der Waals surface area (Å²) in [6.45, 7) is 2.58. The molecular formula is C14H28N2O3S. The molecular weight excluding hydrogens is 276 g/mol. The summed E-state index contributed by atoms with van der Waals surface area (Å²) in [5.74, 6) is -0.257. The van der Waals surface area contributed by atoms with Crippen LogP contribution in [-0.4, -0.2) is 49.9 Å². The minimum absolute atomic E-state index is 0.181. The van der Waals surface area contributed by atoms with Gasteiger partial charge < -0.3 is 10.6 Å². The number of hydrogen-bond donors (Lipinski definition) is 1. The minimum atomic E-state index is -3.34. The fourth-order valence-electron chi connectivity index (χ4n) is 2.72. The molecule has 0 saturated heterocycles. The van der Waals surface area contributed by atoms with Crippen LogP contribution >= 0.6 is 0 Å². The molecule has 1 aliphatic rings. The Morgan fingerprint density at radius 1 is 1.25 bits per heavy atom. The molecule has 1 saturated carbocycles. The van der Waals surface area contributed by atoms with Gasteiger partial charge in [-0.25, -0.2) is 8.42 Å². The third kappa shape index (κ3) is 5.05. The largest absolute Gasteiger partial charge is 0.339 e. The van der Waals surface area contributed by atoms with Crippen LogP contribution in [0.1, 0.15) is 51.9 Å². The number of nitrogens with zero attached hydrogens (tertiary/aromatic N) is 1. The molecule has 1 rings (SSSR count). The number of amides is 1. The Morgan fingerprint density at radius 2 is 1.80 bits per heavy atom. The number of sulfone groups is 1. The maximum Gasteiger partial charge on any atom is 0.240 e. The molecule has 6 heteroatoms. The van der Waals surface area contributed by atoms with E-state index in [0.717, 1.165) is 38.4 Å². The first-order chi connectivity index (χ1) is 9.38. The van der Waals surface area contributed by atoms with E-state index in [1.54, 1.807) is 4.90 Å². The predicted molar refractivity (Wildman–Crippen MR) is 81.2 cm³/mol. The van der Waals surface area contributed by atoms with E-state index < -0.39 is 15.1 Å². The number of nitrogens with two attached hydrogens (primary N) is 1. The summed E-state index contributed by atoms with van der Waals surface area (Å²) in [5.41, 5.74) is 5.54. The van der Waals surface area contributed by atoms with Crippen LogP contribution in [0.5, 0.6) is 0 Å². The van der Waals surface area contributed by atoms with Crippen LogP contribution in [0.4, 0.5) is 0 Å². The van der Waals surface area contributed by atoms with Crippen molar-refractivity contribution in [3.05, 3.63) is 0 Å². The molecule has 0 aliphatic heterocycles. The lowest BCUT2D eigenvalue weighted by Crippen LogP contribution is -2.47. The smallest absolute Gasteiger partial charge is 0.240 e. The summed E-state index contributed by atoms with van der Waals surface area (Å²) in [7, 11) is -3.34. The second-order valence-corrected chi connectivity index (χ2v) is 8.16. The molecule has 1 unspecified atom stereocenters. The van der Waals surface area contributed by atoms with Gasteiger partial charge in [0.1, 0.15) is 5.25 Å². The summed E-state index contributed by atoms with van der Waals surface area (Å²) in [5, 5.41) is -0.955.